The van der Waals surface area contributed by atoms with Crippen molar-refractivity contribution in [2.45, 2.75) is 38.2 Å². The molecule has 1 fully saturated rings. The Bertz CT molecular complexity index is 1090. The predicted molar refractivity (Wildman–Crippen MR) is 108 cm³/mol. The molecule has 2 aromatic heterocycles. The molecule has 3 aromatic rings. The molecule has 5 rings (SSSR count). The van der Waals surface area contributed by atoms with E-state index in [1.54, 1.807) is 12.4 Å². The van der Waals surface area contributed by atoms with Crippen LogP contribution in [0.5, 0.6) is 11.5 Å². The summed E-state index contributed by atoms with van der Waals surface area (Å²) < 4.78 is 40.5. The maximum absolute atomic E-state index is 15.2. The smallest absolute Gasteiger partial charge is 0.208 e. The van der Waals surface area contributed by atoms with E-state index in [4.69, 9.17) is 9.47 Å². The summed E-state index contributed by atoms with van der Waals surface area (Å²) in [4.78, 5) is 10.7. The fourth-order valence-electron chi connectivity index (χ4n) is 4.34. The Morgan fingerprint density at radius 3 is 2.43 bits per heavy atom. The van der Waals surface area contributed by atoms with Gasteiger partial charge in [-0.25, -0.2) is 13.8 Å². The number of benzene rings is 1. The summed E-state index contributed by atoms with van der Waals surface area (Å²) in [5, 5.41) is 12.2. The van der Waals surface area contributed by atoms with E-state index in [1.165, 1.54) is 19.1 Å². The molecule has 158 valence electrons. The Balaban J connectivity index is 1.70. The monoisotopic (exact) mass is 416 g/mol. The second-order valence-electron chi connectivity index (χ2n) is 7.60. The summed E-state index contributed by atoms with van der Waals surface area (Å²) >= 11 is 0. The van der Waals surface area contributed by atoms with Gasteiger partial charge in [-0.05, 0) is 25.3 Å². The summed E-state index contributed by atoms with van der Waals surface area (Å²) in [5.41, 5.74) is 1.95. The minimum absolute atomic E-state index is 0.0701. The van der Waals surface area contributed by atoms with Gasteiger partial charge in [0, 0.05) is 35.5 Å². The van der Waals surface area contributed by atoms with Crippen LogP contribution in [0.2, 0.25) is 0 Å². The summed E-state index contributed by atoms with van der Waals surface area (Å²) in [6.45, 7) is 0.0814. The van der Waals surface area contributed by atoms with E-state index in [0.717, 1.165) is 42.0 Å². The molecule has 0 spiro atoms. The third-order valence-electron chi connectivity index (χ3n) is 6.07. The van der Waals surface area contributed by atoms with E-state index >= 15 is 8.78 Å². The zero-order valence-corrected chi connectivity index (χ0v) is 16.7. The average Bonchev–Trinajstić information content (AvgIpc) is 3.18. The highest BCUT2D eigenvalue weighted by Crippen LogP contribution is 2.45. The fourth-order valence-corrected chi connectivity index (χ4v) is 4.34. The molecule has 1 aromatic carbocycles. The highest BCUT2D eigenvalue weighted by atomic mass is 19.1. The van der Waals surface area contributed by atoms with E-state index in [9.17, 15) is 5.11 Å². The molecule has 2 aliphatic rings. The Morgan fingerprint density at radius 2 is 1.83 bits per heavy atom. The normalized spacial score (nSPS) is 19.0. The number of ether oxygens (including phenoxy) is 2. The van der Waals surface area contributed by atoms with Gasteiger partial charge in [-0.2, -0.15) is 0 Å². The molecule has 1 saturated carbocycles. The van der Waals surface area contributed by atoms with Crippen LogP contribution in [-0.4, -0.2) is 41.7 Å². The number of halogens is 2. The topological polar surface area (TPSA) is 73.9 Å². The zero-order valence-electron chi connectivity index (χ0n) is 16.7. The van der Waals surface area contributed by atoms with Gasteiger partial charge in [-0.15, -0.1) is 0 Å². The number of aliphatic hydroxyl groups is 1. The molecule has 0 radical (unpaired) electrons. The van der Waals surface area contributed by atoms with Crippen molar-refractivity contribution in [1.82, 2.24) is 9.97 Å². The van der Waals surface area contributed by atoms with E-state index in [1.807, 2.05) is 11.0 Å². The first kappa shape index (κ1) is 18.9. The highest BCUT2D eigenvalue weighted by Gasteiger charge is 2.41. The maximum Gasteiger partial charge on any atom is 0.208 e. The van der Waals surface area contributed by atoms with Gasteiger partial charge in [0.25, 0.3) is 0 Å². The first-order valence-corrected chi connectivity index (χ1v) is 9.83. The molecule has 1 aliphatic carbocycles. The lowest BCUT2D eigenvalue weighted by Gasteiger charge is -2.50. The van der Waals surface area contributed by atoms with Crippen molar-refractivity contribution in [1.29, 1.82) is 0 Å². The lowest BCUT2D eigenvalue weighted by Crippen LogP contribution is -2.58. The number of fused-ring (bicyclic) bond motifs is 3. The first-order valence-electron chi connectivity index (χ1n) is 9.83. The quantitative estimate of drug-likeness (QED) is 0.678. The van der Waals surface area contributed by atoms with Crippen LogP contribution in [0.3, 0.4) is 0 Å². The number of hydrogen-bond acceptors (Lipinski definition) is 6. The van der Waals surface area contributed by atoms with Gasteiger partial charge in [0.2, 0.25) is 6.35 Å². The predicted octanol–water partition coefficient (Wildman–Crippen LogP) is 3.51. The fraction of sp³-hybridized carbons (Fsp3) is 0.381. The SMILES string of the molecule is COc1cc(OC)c(F)c(N2Cc3cnc4[nH]ccc4c3N(C3CCC3)C2O)c1F. The minimum Gasteiger partial charge on any atom is -0.493 e. The van der Waals surface area contributed by atoms with Crippen LogP contribution in [0.1, 0.15) is 24.8 Å². The van der Waals surface area contributed by atoms with Gasteiger partial charge in [-0.1, -0.05) is 0 Å². The molecule has 1 unspecified atom stereocenters. The number of aliphatic hydroxyl groups excluding tert-OH is 1. The van der Waals surface area contributed by atoms with Crippen LogP contribution >= 0.6 is 0 Å². The van der Waals surface area contributed by atoms with Crippen LogP contribution in [0.15, 0.2) is 24.5 Å². The van der Waals surface area contributed by atoms with Crippen LogP contribution in [0, 0.1) is 11.6 Å². The van der Waals surface area contributed by atoms with Crippen LogP contribution < -0.4 is 19.3 Å². The van der Waals surface area contributed by atoms with Gasteiger partial charge in [0.15, 0.2) is 23.1 Å². The summed E-state index contributed by atoms with van der Waals surface area (Å²) in [7, 11) is 2.60. The first-order chi connectivity index (χ1) is 14.5. The molecule has 3 heterocycles. The van der Waals surface area contributed by atoms with Crippen molar-refractivity contribution in [2.24, 2.45) is 0 Å². The molecule has 9 heteroatoms. The number of anilines is 2. The summed E-state index contributed by atoms with van der Waals surface area (Å²) in [6, 6.07) is 3.14. The van der Waals surface area contributed by atoms with E-state index in [0.29, 0.717) is 5.65 Å². The van der Waals surface area contributed by atoms with Crippen molar-refractivity contribution in [3.63, 3.8) is 0 Å². The van der Waals surface area contributed by atoms with Crippen LogP contribution in [0.4, 0.5) is 20.2 Å². The van der Waals surface area contributed by atoms with E-state index in [2.05, 4.69) is 9.97 Å². The number of pyridine rings is 1. The maximum atomic E-state index is 15.2. The van der Waals surface area contributed by atoms with Crippen molar-refractivity contribution in [3.05, 3.63) is 41.7 Å². The number of methoxy groups -OCH3 is 2. The molecule has 2 N–H and O–H groups in total. The number of H-pyrrole nitrogens is 1. The Morgan fingerprint density at radius 1 is 1.13 bits per heavy atom. The number of rotatable bonds is 4. The Hall–Kier alpha value is -3.07. The second kappa shape index (κ2) is 7.02. The Kier molecular flexibility index (Phi) is 4.43. The molecule has 30 heavy (non-hydrogen) atoms. The molecule has 0 bridgehead atoms. The van der Waals surface area contributed by atoms with Crippen molar-refractivity contribution >= 4 is 22.4 Å². The number of hydrogen-bond donors (Lipinski definition) is 2. The second-order valence-corrected chi connectivity index (χ2v) is 7.60. The number of aromatic nitrogens is 2. The van der Waals surface area contributed by atoms with Crippen molar-refractivity contribution in [2.75, 3.05) is 24.0 Å². The minimum atomic E-state index is -1.26. The molecule has 0 saturated heterocycles. The van der Waals surface area contributed by atoms with Gasteiger partial charge in [-0.3, -0.25) is 0 Å². The third kappa shape index (κ3) is 2.61. The number of nitrogens with one attached hydrogen (secondary N) is 1. The largest absolute Gasteiger partial charge is 0.493 e. The molecule has 0 amide bonds. The Labute approximate surface area is 171 Å². The third-order valence-corrected chi connectivity index (χ3v) is 6.07. The van der Waals surface area contributed by atoms with Gasteiger partial charge in [0.05, 0.1) is 26.5 Å². The molecule has 1 atom stereocenters. The summed E-state index contributed by atoms with van der Waals surface area (Å²) in [6.07, 6.45) is 5.05. The van der Waals surface area contributed by atoms with Gasteiger partial charge >= 0.3 is 0 Å². The lowest BCUT2D eigenvalue weighted by atomic mass is 9.89. The van der Waals surface area contributed by atoms with Gasteiger partial charge in [0.1, 0.15) is 11.3 Å². The van der Waals surface area contributed by atoms with Crippen molar-refractivity contribution in [3.8, 4) is 11.5 Å². The average molecular weight is 416 g/mol. The van der Waals surface area contributed by atoms with E-state index < -0.39 is 18.0 Å². The lowest BCUT2D eigenvalue weighted by molar-refractivity contribution is 0.129. The number of aromatic amines is 1. The highest BCUT2D eigenvalue weighted by molar-refractivity contribution is 5.93. The van der Waals surface area contributed by atoms with Crippen LogP contribution in [-0.2, 0) is 6.54 Å². The molecule has 7 nitrogen and oxygen atoms in total. The molecular formula is C21H22F2N4O3. The number of nitrogens with zero attached hydrogens (tertiary/aromatic N) is 3. The summed E-state index contributed by atoms with van der Waals surface area (Å²) in [5.74, 6) is -2.09. The molecule has 1 aliphatic heterocycles. The zero-order chi connectivity index (χ0) is 21.0. The van der Waals surface area contributed by atoms with E-state index in [-0.39, 0.29) is 29.8 Å². The van der Waals surface area contributed by atoms with Gasteiger partial charge < -0.3 is 29.4 Å². The van der Waals surface area contributed by atoms with Crippen molar-refractivity contribution < 1.29 is 23.4 Å². The van der Waals surface area contributed by atoms with Crippen LogP contribution in [0.25, 0.3) is 11.0 Å². The standard InChI is InChI=1S/C21H22F2N4O3/c1-29-14-8-15(30-2)17(23)19(16(14)22)26-10-11-9-25-20-13(6-7-24-20)18(11)27(21(26)28)12-4-3-5-12/h6-9,12,21,28H,3-5,10H2,1-2H3,(H,24,25). The molecular weight excluding hydrogens is 394 g/mol.